The first-order valence-electron chi connectivity index (χ1n) is 5.51. The summed E-state index contributed by atoms with van der Waals surface area (Å²) in [4.78, 5) is 16.0. The van der Waals surface area contributed by atoms with Crippen LogP contribution in [-0.2, 0) is 13.1 Å². The molecule has 2 rings (SSSR count). The van der Waals surface area contributed by atoms with E-state index in [9.17, 15) is 4.79 Å². The maximum atomic E-state index is 11.8. The Hall–Kier alpha value is -1.94. The van der Waals surface area contributed by atoms with Gasteiger partial charge in [0.15, 0.2) is 0 Å². The van der Waals surface area contributed by atoms with E-state index in [4.69, 9.17) is 5.73 Å². The molecule has 0 unspecified atom stereocenters. The molecule has 0 spiro atoms. The van der Waals surface area contributed by atoms with Crippen molar-refractivity contribution in [2.24, 2.45) is 5.73 Å². The van der Waals surface area contributed by atoms with Crippen molar-refractivity contribution in [2.45, 2.75) is 20.0 Å². The zero-order chi connectivity index (χ0) is 12.3. The van der Waals surface area contributed by atoms with Crippen LogP contribution in [0, 0.1) is 6.92 Å². The maximum absolute atomic E-state index is 11.8. The molecule has 0 radical (unpaired) electrons. The molecule has 0 saturated heterocycles. The van der Waals surface area contributed by atoms with Gasteiger partial charge in [-0.05, 0) is 24.6 Å². The molecular formula is C13H15N3O. The van der Waals surface area contributed by atoms with Gasteiger partial charge < -0.3 is 10.3 Å². The molecule has 0 aliphatic heterocycles. The Morgan fingerprint density at radius 2 is 2.12 bits per heavy atom. The molecule has 4 nitrogen and oxygen atoms in total. The lowest BCUT2D eigenvalue weighted by Crippen LogP contribution is -2.22. The number of aromatic nitrogens is 2. The average molecular weight is 229 g/mol. The van der Waals surface area contributed by atoms with Gasteiger partial charge in [-0.25, -0.2) is 0 Å². The summed E-state index contributed by atoms with van der Waals surface area (Å²) in [5.41, 5.74) is 8.39. The third-order valence-electron chi connectivity index (χ3n) is 2.77. The molecule has 88 valence electrons. The lowest BCUT2D eigenvalue weighted by atomic mass is 10.2. The first kappa shape index (κ1) is 11.5. The molecule has 0 aromatic carbocycles. The molecule has 0 bridgehead atoms. The molecule has 2 N–H and O–H groups in total. The summed E-state index contributed by atoms with van der Waals surface area (Å²) in [5.74, 6) is 0. The second-order valence-electron chi connectivity index (χ2n) is 3.90. The van der Waals surface area contributed by atoms with Gasteiger partial charge in [-0.15, -0.1) is 0 Å². The molecule has 2 aromatic heterocycles. The summed E-state index contributed by atoms with van der Waals surface area (Å²) >= 11 is 0. The van der Waals surface area contributed by atoms with Crippen molar-refractivity contribution in [1.82, 2.24) is 9.55 Å². The summed E-state index contributed by atoms with van der Waals surface area (Å²) in [6.45, 7) is 2.82. The second kappa shape index (κ2) is 4.93. The van der Waals surface area contributed by atoms with E-state index in [1.54, 1.807) is 22.9 Å². The SMILES string of the molecule is Cc1cccc(=O)n1Cc1cccnc1CN. The van der Waals surface area contributed by atoms with Gasteiger partial charge in [-0.1, -0.05) is 12.1 Å². The predicted octanol–water partition coefficient (Wildman–Crippen LogP) is 1.06. The minimum absolute atomic E-state index is 0.00294. The molecule has 0 aliphatic carbocycles. The first-order valence-corrected chi connectivity index (χ1v) is 5.51. The van der Waals surface area contributed by atoms with Gasteiger partial charge in [0.2, 0.25) is 0 Å². The van der Waals surface area contributed by atoms with Crippen molar-refractivity contribution in [1.29, 1.82) is 0 Å². The Bertz CT molecular complexity index is 575. The van der Waals surface area contributed by atoms with E-state index in [0.29, 0.717) is 13.1 Å². The normalized spacial score (nSPS) is 10.5. The number of rotatable bonds is 3. The van der Waals surface area contributed by atoms with E-state index in [2.05, 4.69) is 4.98 Å². The standard InChI is InChI=1S/C13H15N3O/c1-10-4-2-6-13(17)16(10)9-11-5-3-7-15-12(11)8-14/h2-7H,8-9,14H2,1H3. The summed E-state index contributed by atoms with van der Waals surface area (Å²) < 4.78 is 1.72. The number of pyridine rings is 2. The van der Waals surface area contributed by atoms with Crippen molar-refractivity contribution in [3.8, 4) is 0 Å². The van der Waals surface area contributed by atoms with Crippen molar-refractivity contribution in [3.63, 3.8) is 0 Å². The fourth-order valence-corrected chi connectivity index (χ4v) is 1.80. The van der Waals surface area contributed by atoms with Crippen molar-refractivity contribution >= 4 is 0 Å². The Morgan fingerprint density at radius 1 is 1.29 bits per heavy atom. The number of hydrogen-bond donors (Lipinski definition) is 1. The van der Waals surface area contributed by atoms with E-state index in [0.717, 1.165) is 17.0 Å². The van der Waals surface area contributed by atoms with Crippen LogP contribution in [0.1, 0.15) is 17.0 Å². The van der Waals surface area contributed by atoms with Crippen LogP contribution in [0.3, 0.4) is 0 Å². The maximum Gasteiger partial charge on any atom is 0.251 e. The minimum Gasteiger partial charge on any atom is -0.325 e. The van der Waals surface area contributed by atoms with Crippen LogP contribution in [0.5, 0.6) is 0 Å². The van der Waals surface area contributed by atoms with Crippen LogP contribution in [0.4, 0.5) is 0 Å². The van der Waals surface area contributed by atoms with Crippen LogP contribution < -0.4 is 11.3 Å². The monoisotopic (exact) mass is 229 g/mol. The molecule has 0 saturated carbocycles. The Kier molecular flexibility index (Phi) is 3.35. The van der Waals surface area contributed by atoms with E-state index >= 15 is 0 Å². The van der Waals surface area contributed by atoms with Crippen LogP contribution in [0.25, 0.3) is 0 Å². The highest BCUT2D eigenvalue weighted by Gasteiger charge is 2.05. The Labute approximate surface area is 99.7 Å². The van der Waals surface area contributed by atoms with E-state index in [1.807, 2.05) is 25.1 Å². The Morgan fingerprint density at radius 3 is 2.82 bits per heavy atom. The van der Waals surface area contributed by atoms with Gasteiger partial charge in [0.1, 0.15) is 0 Å². The molecular weight excluding hydrogens is 214 g/mol. The quantitative estimate of drug-likeness (QED) is 0.856. The molecule has 17 heavy (non-hydrogen) atoms. The molecule has 2 heterocycles. The number of nitrogens with two attached hydrogens (primary N) is 1. The molecule has 0 aliphatic rings. The highest BCUT2D eigenvalue weighted by molar-refractivity contribution is 5.21. The molecule has 2 aromatic rings. The van der Waals surface area contributed by atoms with Crippen molar-refractivity contribution in [3.05, 3.63) is 63.8 Å². The number of aryl methyl sites for hydroxylation is 1. The largest absolute Gasteiger partial charge is 0.325 e. The third kappa shape index (κ3) is 2.42. The molecule has 0 amide bonds. The number of nitrogens with zero attached hydrogens (tertiary/aromatic N) is 2. The second-order valence-corrected chi connectivity index (χ2v) is 3.90. The highest BCUT2D eigenvalue weighted by atomic mass is 16.1. The van der Waals surface area contributed by atoms with E-state index < -0.39 is 0 Å². The van der Waals surface area contributed by atoms with Crippen molar-refractivity contribution < 1.29 is 0 Å². The van der Waals surface area contributed by atoms with Gasteiger partial charge in [-0.2, -0.15) is 0 Å². The molecule has 0 fully saturated rings. The molecule has 0 atom stereocenters. The van der Waals surface area contributed by atoms with E-state index in [1.165, 1.54) is 0 Å². The average Bonchev–Trinajstić information content (AvgIpc) is 2.34. The van der Waals surface area contributed by atoms with Crippen molar-refractivity contribution in [2.75, 3.05) is 0 Å². The highest BCUT2D eigenvalue weighted by Crippen LogP contribution is 2.07. The van der Waals surface area contributed by atoms with Crippen LogP contribution >= 0.6 is 0 Å². The predicted molar refractivity (Wildman–Crippen MR) is 66.7 cm³/mol. The summed E-state index contributed by atoms with van der Waals surface area (Å²) in [6.07, 6.45) is 1.71. The van der Waals surface area contributed by atoms with Gasteiger partial charge >= 0.3 is 0 Å². The lowest BCUT2D eigenvalue weighted by Gasteiger charge is -2.11. The van der Waals surface area contributed by atoms with Gasteiger partial charge in [-0.3, -0.25) is 9.78 Å². The fourth-order valence-electron chi connectivity index (χ4n) is 1.80. The fraction of sp³-hybridized carbons (Fsp3) is 0.231. The van der Waals surface area contributed by atoms with Crippen LogP contribution in [0.15, 0.2) is 41.3 Å². The zero-order valence-corrected chi connectivity index (χ0v) is 9.76. The van der Waals surface area contributed by atoms with E-state index in [-0.39, 0.29) is 5.56 Å². The molecule has 4 heteroatoms. The smallest absolute Gasteiger partial charge is 0.251 e. The Balaban J connectivity index is 2.41. The summed E-state index contributed by atoms with van der Waals surface area (Å²) in [7, 11) is 0. The summed E-state index contributed by atoms with van der Waals surface area (Å²) in [5, 5.41) is 0. The third-order valence-corrected chi connectivity index (χ3v) is 2.77. The van der Waals surface area contributed by atoms with Crippen LogP contribution in [-0.4, -0.2) is 9.55 Å². The topological polar surface area (TPSA) is 60.9 Å². The first-order chi connectivity index (χ1) is 8.22. The van der Waals surface area contributed by atoms with Crippen LogP contribution in [0.2, 0.25) is 0 Å². The minimum atomic E-state index is -0.00294. The number of hydrogen-bond acceptors (Lipinski definition) is 3. The summed E-state index contributed by atoms with van der Waals surface area (Å²) in [6, 6.07) is 9.05. The van der Waals surface area contributed by atoms with Gasteiger partial charge in [0, 0.05) is 24.5 Å². The van der Waals surface area contributed by atoms with Gasteiger partial charge in [0.25, 0.3) is 5.56 Å². The van der Waals surface area contributed by atoms with Gasteiger partial charge in [0.05, 0.1) is 12.2 Å². The zero-order valence-electron chi connectivity index (χ0n) is 9.76. The lowest BCUT2D eigenvalue weighted by molar-refractivity contribution is 0.716.